The van der Waals surface area contributed by atoms with Crippen LogP contribution in [0, 0.1) is 10.1 Å². The molecule has 1 aliphatic carbocycles. The number of nitro groups is 1. The molecule has 0 bridgehead atoms. The van der Waals surface area contributed by atoms with Crippen LogP contribution >= 0.6 is 15.9 Å². The number of carbonyl (C=O) groups excluding carboxylic acids is 2. The minimum Gasteiger partial charge on any atom is -0.468 e. The van der Waals surface area contributed by atoms with E-state index in [0.717, 1.165) is 10.0 Å². The molecule has 0 unspecified atom stereocenters. The monoisotopic (exact) mass is 433 g/mol. The molecule has 0 heterocycles. The van der Waals surface area contributed by atoms with E-state index in [1.807, 2.05) is 24.3 Å². The minimum absolute atomic E-state index is 0.102. The molecule has 140 valence electrons. The molecule has 0 aliphatic heterocycles. The Balaban J connectivity index is 1.71. The van der Waals surface area contributed by atoms with E-state index < -0.39 is 22.4 Å². The Labute approximate surface area is 163 Å². The van der Waals surface area contributed by atoms with E-state index in [0.29, 0.717) is 12.8 Å². The topological polar surface area (TPSA) is 95.7 Å². The molecule has 0 radical (unpaired) electrons. The van der Waals surface area contributed by atoms with Crippen molar-refractivity contribution in [2.75, 3.05) is 7.11 Å². The van der Waals surface area contributed by atoms with Crippen LogP contribution in [0.3, 0.4) is 0 Å². The molecule has 0 saturated heterocycles. The largest absolute Gasteiger partial charge is 0.468 e. The van der Waals surface area contributed by atoms with Gasteiger partial charge in [0.15, 0.2) is 0 Å². The molecule has 0 N–H and O–H groups in total. The zero-order valence-corrected chi connectivity index (χ0v) is 16.0. The highest BCUT2D eigenvalue weighted by atomic mass is 79.9. The van der Waals surface area contributed by atoms with Crippen LogP contribution < -0.4 is 0 Å². The second-order valence-electron chi connectivity index (χ2n) is 6.32. The highest BCUT2D eigenvalue weighted by Gasteiger charge is 2.54. The first kappa shape index (κ1) is 19.0. The van der Waals surface area contributed by atoms with Crippen molar-refractivity contribution in [2.24, 2.45) is 0 Å². The number of esters is 2. The maximum atomic E-state index is 12.4. The number of nitrogens with zero attached hydrogens (tertiary/aromatic N) is 1. The molecule has 1 fully saturated rings. The van der Waals surface area contributed by atoms with Crippen LogP contribution in [0.4, 0.5) is 5.69 Å². The van der Waals surface area contributed by atoms with Crippen LogP contribution in [0.15, 0.2) is 53.0 Å². The van der Waals surface area contributed by atoms with Gasteiger partial charge in [0.2, 0.25) is 0 Å². The first-order valence-corrected chi connectivity index (χ1v) is 8.95. The summed E-state index contributed by atoms with van der Waals surface area (Å²) in [4.78, 5) is 34.8. The van der Waals surface area contributed by atoms with Gasteiger partial charge in [0.05, 0.1) is 23.0 Å². The van der Waals surface area contributed by atoms with Gasteiger partial charge in [-0.2, -0.15) is 0 Å². The highest BCUT2D eigenvalue weighted by Crippen LogP contribution is 2.47. The maximum absolute atomic E-state index is 12.4. The number of halogens is 1. The van der Waals surface area contributed by atoms with Gasteiger partial charge in [-0.15, -0.1) is 0 Å². The van der Waals surface area contributed by atoms with Gasteiger partial charge in [0, 0.05) is 29.4 Å². The summed E-state index contributed by atoms with van der Waals surface area (Å²) in [7, 11) is 1.33. The lowest BCUT2D eigenvalue weighted by molar-refractivity contribution is -0.384. The quantitative estimate of drug-likeness (QED) is 0.404. The van der Waals surface area contributed by atoms with Crippen LogP contribution in [-0.4, -0.2) is 30.1 Å². The van der Waals surface area contributed by atoms with Gasteiger partial charge in [-0.3, -0.25) is 14.9 Å². The minimum atomic E-state index is -0.848. The summed E-state index contributed by atoms with van der Waals surface area (Å²) in [6, 6.07) is 12.6. The maximum Gasteiger partial charge on any atom is 0.338 e. The summed E-state index contributed by atoms with van der Waals surface area (Å²) in [5.41, 5.74) is 0.0680. The first-order valence-electron chi connectivity index (χ1n) is 8.15. The SMILES string of the molecule is COC(=O)[C@]1(c2cccc(Br)c2)C[C@@H](OC(=O)c2ccc([N+](=O)[O-])cc2)C1. The Morgan fingerprint density at radius 3 is 2.41 bits per heavy atom. The molecule has 2 aromatic rings. The average molecular weight is 434 g/mol. The molecular weight excluding hydrogens is 418 g/mol. The Morgan fingerprint density at radius 2 is 1.85 bits per heavy atom. The van der Waals surface area contributed by atoms with E-state index in [1.165, 1.54) is 31.4 Å². The predicted molar refractivity (Wildman–Crippen MR) is 99.4 cm³/mol. The Hall–Kier alpha value is -2.74. The number of ether oxygens (including phenoxy) is 2. The fraction of sp³-hybridized carbons (Fsp3) is 0.263. The third-order valence-corrected chi connectivity index (χ3v) is 5.19. The fourth-order valence-electron chi connectivity index (χ4n) is 3.24. The first-order chi connectivity index (χ1) is 12.9. The number of rotatable bonds is 5. The molecule has 0 amide bonds. The van der Waals surface area contributed by atoms with Crippen molar-refractivity contribution in [2.45, 2.75) is 24.4 Å². The Bertz CT molecular complexity index is 889. The van der Waals surface area contributed by atoms with E-state index in [2.05, 4.69) is 15.9 Å². The molecule has 1 saturated carbocycles. The van der Waals surface area contributed by atoms with Crippen LogP contribution in [0.1, 0.15) is 28.8 Å². The summed E-state index contributed by atoms with van der Waals surface area (Å²) in [6.45, 7) is 0. The Kier molecular flexibility index (Phi) is 5.27. The van der Waals surface area contributed by atoms with Crippen LogP contribution in [-0.2, 0) is 19.7 Å². The third kappa shape index (κ3) is 3.71. The molecule has 27 heavy (non-hydrogen) atoms. The van der Waals surface area contributed by atoms with Crippen LogP contribution in [0.2, 0.25) is 0 Å². The van der Waals surface area contributed by atoms with E-state index in [1.54, 1.807) is 0 Å². The molecule has 2 aromatic carbocycles. The molecule has 0 aromatic heterocycles. The number of hydrogen-bond acceptors (Lipinski definition) is 6. The summed E-state index contributed by atoms with van der Waals surface area (Å²) in [6.07, 6.45) is 0.190. The molecule has 0 atom stereocenters. The summed E-state index contributed by atoms with van der Waals surface area (Å²) >= 11 is 3.40. The molecule has 8 heteroatoms. The second-order valence-corrected chi connectivity index (χ2v) is 7.24. The summed E-state index contributed by atoms with van der Waals surface area (Å²) in [5.74, 6) is -0.953. The standard InChI is InChI=1S/C19H16BrNO6/c1-26-18(23)19(13-3-2-4-14(20)9-13)10-16(11-19)27-17(22)12-5-7-15(8-6-12)21(24)25/h2-9,16H,10-11H2,1H3/t16-,19-. The van der Waals surface area contributed by atoms with Gasteiger partial charge in [0.25, 0.3) is 5.69 Å². The van der Waals surface area contributed by atoms with Crippen molar-refractivity contribution >= 4 is 33.6 Å². The van der Waals surface area contributed by atoms with Gasteiger partial charge in [-0.25, -0.2) is 4.79 Å². The molecule has 1 aliphatic rings. The summed E-state index contributed by atoms with van der Waals surface area (Å²) < 4.78 is 11.3. The van der Waals surface area contributed by atoms with E-state index in [-0.39, 0.29) is 17.2 Å². The normalized spacial score (nSPS) is 21.0. The zero-order valence-electron chi connectivity index (χ0n) is 14.4. The van der Waals surface area contributed by atoms with Gasteiger partial charge in [-0.1, -0.05) is 28.1 Å². The van der Waals surface area contributed by atoms with Gasteiger partial charge < -0.3 is 9.47 Å². The van der Waals surface area contributed by atoms with E-state index >= 15 is 0 Å². The van der Waals surface area contributed by atoms with Crippen molar-refractivity contribution in [1.29, 1.82) is 0 Å². The van der Waals surface area contributed by atoms with E-state index in [9.17, 15) is 19.7 Å². The van der Waals surface area contributed by atoms with E-state index in [4.69, 9.17) is 9.47 Å². The van der Waals surface area contributed by atoms with Crippen LogP contribution in [0.5, 0.6) is 0 Å². The lowest BCUT2D eigenvalue weighted by Crippen LogP contribution is -2.52. The van der Waals surface area contributed by atoms with Crippen molar-refractivity contribution in [1.82, 2.24) is 0 Å². The number of non-ortho nitro benzene ring substituents is 1. The number of methoxy groups -OCH3 is 1. The zero-order chi connectivity index (χ0) is 19.6. The Morgan fingerprint density at radius 1 is 1.19 bits per heavy atom. The highest BCUT2D eigenvalue weighted by molar-refractivity contribution is 9.10. The second kappa shape index (κ2) is 7.48. The van der Waals surface area contributed by atoms with Crippen LogP contribution in [0.25, 0.3) is 0 Å². The van der Waals surface area contributed by atoms with Crippen molar-refractivity contribution in [3.05, 3.63) is 74.2 Å². The van der Waals surface area contributed by atoms with Crippen molar-refractivity contribution in [3.8, 4) is 0 Å². The van der Waals surface area contributed by atoms with Gasteiger partial charge in [-0.05, 0) is 29.8 Å². The molecule has 0 spiro atoms. The third-order valence-electron chi connectivity index (χ3n) is 4.69. The van der Waals surface area contributed by atoms with Gasteiger partial charge in [0.1, 0.15) is 6.10 Å². The lowest BCUT2D eigenvalue weighted by Gasteiger charge is -2.44. The summed E-state index contributed by atoms with van der Waals surface area (Å²) in [5, 5.41) is 10.7. The number of nitro benzene ring substituents is 1. The number of hydrogen-bond donors (Lipinski definition) is 0. The molecular formula is C19H16BrNO6. The van der Waals surface area contributed by atoms with Crippen molar-refractivity contribution < 1.29 is 24.0 Å². The van der Waals surface area contributed by atoms with Crippen molar-refractivity contribution in [3.63, 3.8) is 0 Å². The number of carbonyl (C=O) groups is 2. The predicted octanol–water partition coefficient (Wildman–Crippen LogP) is 3.79. The fourth-order valence-corrected chi connectivity index (χ4v) is 3.64. The lowest BCUT2D eigenvalue weighted by atomic mass is 9.62. The number of benzene rings is 2. The van der Waals surface area contributed by atoms with Gasteiger partial charge >= 0.3 is 11.9 Å². The smallest absolute Gasteiger partial charge is 0.338 e. The molecule has 7 nitrogen and oxygen atoms in total. The molecule has 3 rings (SSSR count). The average Bonchev–Trinajstić information content (AvgIpc) is 2.63.